The average molecular weight is 514 g/mol. The summed E-state index contributed by atoms with van der Waals surface area (Å²) in [6.07, 6.45) is 6.55. The third-order valence-corrected chi connectivity index (χ3v) is 6.90. The van der Waals surface area contributed by atoms with E-state index in [2.05, 4.69) is 15.2 Å². The second-order valence-corrected chi connectivity index (χ2v) is 10.2. The lowest BCUT2D eigenvalue weighted by molar-refractivity contribution is -0.122. The van der Waals surface area contributed by atoms with E-state index in [1.807, 2.05) is 56.3 Å². The molecule has 0 radical (unpaired) electrons. The van der Waals surface area contributed by atoms with Gasteiger partial charge in [-0.2, -0.15) is 0 Å². The number of aromatic nitrogens is 3. The zero-order valence-electron chi connectivity index (χ0n) is 22.2. The van der Waals surface area contributed by atoms with E-state index in [9.17, 15) is 9.59 Å². The summed E-state index contributed by atoms with van der Waals surface area (Å²) in [5.41, 5.74) is 1.84. The quantitative estimate of drug-likeness (QED) is 0.334. The first kappa shape index (κ1) is 25.9. The van der Waals surface area contributed by atoms with Gasteiger partial charge >= 0.3 is 0 Å². The van der Waals surface area contributed by atoms with E-state index in [1.54, 1.807) is 12.3 Å². The highest BCUT2D eigenvalue weighted by atomic mass is 16.5. The third-order valence-electron chi connectivity index (χ3n) is 6.90. The summed E-state index contributed by atoms with van der Waals surface area (Å²) in [5.74, 6) is 0.832. The maximum atomic E-state index is 13.8. The SMILES string of the molecule is CC(C)NC(=O)Cn1c(-c2cccc3ncccc23)nc2ccc(OCCCN3CCCCC3)cc2c1=O. The molecule has 5 rings (SSSR count). The normalized spacial score (nSPS) is 14.3. The minimum absolute atomic E-state index is 0.0400. The van der Waals surface area contributed by atoms with Crippen molar-refractivity contribution >= 4 is 27.7 Å². The number of carbonyl (C=O) groups excluding carboxylic acids is 1. The first-order chi connectivity index (χ1) is 18.5. The Labute approximate surface area is 222 Å². The standard InChI is InChI=1S/C30H35N5O3/c1-21(2)32-28(36)20-35-29(24-9-6-11-26-23(24)10-7-14-31-26)33-27-13-12-22(19-25(27)30(35)37)38-18-8-17-34-15-4-3-5-16-34/h6-7,9-14,19,21H,3-5,8,15-18,20H2,1-2H3,(H,32,36). The number of fused-ring (bicyclic) bond motifs is 2. The van der Waals surface area contributed by atoms with Crippen LogP contribution in [0.25, 0.3) is 33.2 Å². The lowest BCUT2D eigenvalue weighted by Crippen LogP contribution is -2.37. The largest absolute Gasteiger partial charge is 0.494 e. The van der Waals surface area contributed by atoms with Gasteiger partial charge in [-0.15, -0.1) is 0 Å². The maximum absolute atomic E-state index is 13.8. The Morgan fingerprint density at radius 1 is 1.03 bits per heavy atom. The number of piperidine rings is 1. The van der Waals surface area contributed by atoms with E-state index in [4.69, 9.17) is 9.72 Å². The van der Waals surface area contributed by atoms with E-state index in [0.29, 0.717) is 29.1 Å². The number of hydrogen-bond acceptors (Lipinski definition) is 6. The fourth-order valence-corrected chi connectivity index (χ4v) is 5.11. The smallest absolute Gasteiger partial charge is 0.262 e. The van der Waals surface area contributed by atoms with Gasteiger partial charge in [-0.05, 0) is 76.5 Å². The molecule has 1 saturated heterocycles. The van der Waals surface area contributed by atoms with E-state index < -0.39 is 0 Å². The van der Waals surface area contributed by atoms with Crippen molar-refractivity contribution in [1.29, 1.82) is 0 Å². The van der Waals surface area contributed by atoms with Gasteiger partial charge in [0.15, 0.2) is 0 Å². The predicted octanol–water partition coefficient (Wildman–Crippen LogP) is 4.39. The highest BCUT2D eigenvalue weighted by Gasteiger charge is 2.18. The third kappa shape index (κ3) is 5.86. The number of nitrogens with one attached hydrogen (secondary N) is 1. The molecule has 0 bridgehead atoms. The van der Waals surface area contributed by atoms with Crippen LogP contribution < -0.4 is 15.6 Å². The van der Waals surface area contributed by atoms with Crippen LogP contribution in [0.4, 0.5) is 0 Å². The van der Waals surface area contributed by atoms with E-state index >= 15 is 0 Å². The summed E-state index contributed by atoms with van der Waals surface area (Å²) >= 11 is 0. The Bertz CT molecular complexity index is 1490. The summed E-state index contributed by atoms with van der Waals surface area (Å²) in [6.45, 7) is 7.60. The zero-order chi connectivity index (χ0) is 26.5. The van der Waals surface area contributed by atoms with Crippen LogP contribution in [0.1, 0.15) is 39.5 Å². The molecule has 1 aliphatic rings. The number of benzene rings is 2. The van der Waals surface area contributed by atoms with Gasteiger partial charge in [-0.1, -0.05) is 24.6 Å². The van der Waals surface area contributed by atoms with Crippen molar-refractivity contribution in [2.45, 2.75) is 52.1 Å². The molecule has 8 heteroatoms. The highest BCUT2D eigenvalue weighted by Crippen LogP contribution is 2.28. The molecule has 38 heavy (non-hydrogen) atoms. The molecule has 1 fully saturated rings. The lowest BCUT2D eigenvalue weighted by atomic mass is 10.1. The summed E-state index contributed by atoms with van der Waals surface area (Å²) < 4.78 is 7.48. The van der Waals surface area contributed by atoms with Crippen molar-refractivity contribution in [3.05, 3.63) is 65.1 Å². The Hall–Kier alpha value is -3.78. The molecule has 0 saturated carbocycles. The van der Waals surface area contributed by atoms with Gasteiger partial charge in [0.25, 0.3) is 5.56 Å². The van der Waals surface area contributed by atoms with E-state index in [0.717, 1.165) is 29.4 Å². The van der Waals surface area contributed by atoms with Crippen LogP contribution >= 0.6 is 0 Å². The number of likely N-dealkylation sites (tertiary alicyclic amines) is 1. The number of nitrogens with zero attached hydrogens (tertiary/aromatic N) is 4. The number of amides is 1. The number of ether oxygens (including phenoxy) is 1. The molecule has 3 heterocycles. The minimum atomic E-state index is -0.274. The molecule has 0 unspecified atom stereocenters. The van der Waals surface area contributed by atoms with Gasteiger partial charge in [-0.3, -0.25) is 19.1 Å². The molecule has 2 aromatic carbocycles. The average Bonchev–Trinajstić information content (AvgIpc) is 2.92. The zero-order valence-corrected chi connectivity index (χ0v) is 22.2. The molecule has 1 amide bonds. The summed E-state index contributed by atoms with van der Waals surface area (Å²) in [7, 11) is 0. The number of carbonyl (C=O) groups is 1. The Morgan fingerprint density at radius 2 is 1.87 bits per heavy atom. The van der Waals surface area contributed by atoms with Crippen LogP contribution in [0, 0.1) is 0 Å². The molecule has 4 aromatic rings. The predicted molar refractivity (Wildman–Crippen MR) is 150 cm³/mol. The first-order valence-electron chi connectivity index (χ1n) is 13.5. The van der Waals surface area contributed by atoms with Crippen LogP contribution in [0.2, 0.25) is 0 Å². The summed E-state index contributed by atoms with van der Waals surface area (Å²) in [6, 6.07) is 14.9. The van der Waals surface area contributed by atoms with Crippen LogP contribution in [0.5, 0.6) is 5.75 Å². The molecular formula is C30H35N5O3. The van der Waals surface area contributed by atoms with Crippen molar-refractivity contribution < 1.29 is 9.53 Å². The second kappa shape index (κ2) is 11.7. The van der Waals surface area contributed by atoms with E-state index in [-0.39, 0.29) is 24.1 Å². The molecule has 1 aliphatic heterocycles. The van der Waals surface area contributed by atoms with Crippen LogP contribution in [0.15, 0.2) is 59.5 Å². The molecule has 198 valence electrons. The van der Waals surface area contributed by atoms with Gasteiger partial charge in [0.05, 0.1) is 23.0 Å². The lowest BCUT2D eigenvalue weighted by Gasteiger charge is -2.26. The van der Waals surface area contributed by atoms with Crippen molar-refractivity contribution in [3.8, 4) is 17.1 Å². The topological polar surface area (TPSA) is 89.3 Å². The Balaban J connectivity index is 1.48. The maximum Gasteiger partial charge on any atom is 0.262 e. The van der Waals surface area contributed by atoms with Crippen LogP contribution in [0.3, 0.4) is 0 Å². The minimum Gasteiger partial charge on any atom is -0.494 e. The van der Waals surface area contributed by atoms with Crippen LogP contribution in [-0.4, -0.2) is 57.6 Å². The van der Waals surface area contributed by atoms with Gasteiger partial charge in [0, 0.05) is 29.7 Å². The summed E-state index contributed by atoms with van der Waals surface area (Å²) in [5, 5.41) is 4.18. The van der Waals surface area contributed by atoms with Gasteiger partial charge in [0.2, 0.25) is 5.91 Å². The second-order valence-electron chi connectivity index (χ2n) is 10.2. The Morgan fingerprint density at radius 3 is 2.68 bits per heavy atom. The summed E-state index contributed by atoms with van der Waals surface area (Å²) in [4.78, 5) is 38.4. The highest BCUT2D eigenvalue weighted by molar-refractivity contribution is 5.94. The van der Waals surface area contributed by atoms with Crippen molar-refractivity contribution in [1.82, 2.24) is 24.8 Å². The van der Waals surface area contributed by atoms with E-state index in [1.165, 1.54) is 36.9 Å². The van der Waals surface area contributed by atoms with Gasteiger partial charge in [-0.25, -0.2) is 4.98 Å². The van der Waals surface area contributed by atoms with Crippen molar-refractivity contribution in [2.24, 2.45) is 0 Å². The fraction of sp³-hybridized carbons (Fsp3) is 0.400. The first-order valence-corrected chi connectivity index (χ1v) is 13.5. The number of hydrogen-bond donors (Lipinski definition) is 1. The fourth-order valence-electron chi connectivity index (χ4n) is 5.11. The molecule has 2 aromatic heterocycles. The van der Waals surface area contributed by atoms with Crippen LogP contribution in [-0.2, 0) is 11.3 Å². The number of pyridine rings is 1. The van der Waals surface area contributed by atoms with Gasteiger partial charge < -0.3 is 15.0 Å². The molecule has 1 N–H and O–H groups in total. The number of rotatable bonds is 9. The molecule has 0 aliphatic carbocycles. The monoisotopic (exact) mass is 513 g/mol. The van der Waals surface area contributed by atoms with Crippen molar-refractivity contribution in [2.75, 3.05) is 26.2 Å². The van der Waals surface area contributed by atoms with Crippen molar-refractivity contribution in [3.63, 3.8) is 0 Å². The van der Waals surface area contributed by atoms with Gasteiger partial charge in [0.1, 0.15) is 18.1 Å². The molecule has 0 atom stereocenters. The molecular weight excluding hydrogens is 478 g/mol. The Kier molecular flexibility index (Phi) is 7.98. The molecule has 0 spiro atoms. The molecule has 8 nitrogen and oxygen atoms in total.